The van der Waals surface area contributed by atoms with Gasteiger partial charge in [0.05, 0.1) is 20.1 Å². The number of methoxy groups -OCH3 is 1. The Morgan fingerprint density at radius 3 is 2.85 bits per heavy atom. The fourth-order valence-corrected chi connectivity index (χ4v) is 4.02. The molecule has 1 atom stereocenters. The molecule has 0 N–H and O–H groups in total. The summed E-state index contributed by atoms with van der Waals surface area (Å²) < 4.78 is 57.3. The molecule has 0 spiro atoms. The van der Waals surface area contributed by atoms with E-state index < -0.39 is 25.2 Å². The maximum Gasteiger partial charge on any atom is 0.305 e. The molecule has 6 nitrogen and oxygen atoms in total. The van der Waals surface area contributed by atoms with Crippen molar-refractivity contribution in [3.8, 4) is 0 Å². The highest BCUT2D eigenvalue weighted by Crippen LogP contribution is 2.53. The summed E-state index contributed by atoms with van der Waals surface area (Å²) in [6, 6.07) is -0.838. The standard InChI is InChI=1S/C19H22F2N4O2/c1-11-5-7-25(11)18-16(22-2)15-13(4-6-19(15,20)21)17(23-18)24-9-12(10-24)8-14(26)27-3/h11-12H,4-10H2,1,3H3/i1D3. The van der Waals surface area contributed by atoms with Crippen LogP contribution in [0.1, 0.15) is 41.4 Å². The molecule has 1 aromatic heterocycles. The van der Waals surface area contributed by atoms with Crippen LogP contribution in [0.15, 0.2) is 0 Å². The molecule has 0 aromatic carbocycles. The van der Waals surface area contributed by atoms with E-state index in [-0.39, 0.29) is 41.8 Å². The third kappa shape index (κ3) is 2.80. The lowest BCUT2D eigenvalue weighted by Crippen LogP contribution is -2.49. The van der Waals surface area contributed by atoms with E-state index in [9.17, 15) is 13.6 Å². The van der Waals surface area contributed by atoms with Crippen molar-refractivity contribution >= 4 is 23.3 Å². The molecule has 4 rings (SSSR count). The Hall–Kier alpha value is -2.43. The molecule has 8 heteroatoms. The van der Waals surface area contributed by atoms with Gasteiger partial charge in [-0.2, -0.15) is 0 Å². The minimum atomic E-state index is -3.15. The summed E-state index contributed by atoms with van der Waals surface area (Å²) in [5.41, 5.74) is -0.195. The van der Waals surface area contributed by atoms with Gasteiger partial charge in [0, 0.05) is 47.7 Å². The lowest BCUT2D eigenvalue weighted by atomic mass is 9.95. The van der Waals surface area contributed by atoms with E-state index in [4.69, 9.17) is 10.7 Å². The number of nitrogens with zero attached hydrogens (tertiary/aromatic N) is 4. The third-order valence-corrected chi connectivity index (χ3v) is 5.63. The second-order valence-electron chi connectivity index (χ2n) is 7.33. The van der Waals surface area contributed by atoms with Crippen molar-refractivity contribution in [1.82, 2.24) is 4.98 Å². The molecule has 3 heterocycles. The summed E-state index contributed by atoms with van der Waals surface area (Å²) in [6.45, 7) is 6.54. The Labute approximate surface area is 161 Å². The zero-order valence-corrected chi connectivity index (χ0v) is 15.0. The summed E-state index contributed by atoms with van der Waals surface area (Å²) in [7, 11) is 1.32. The molecular formula is C19H22F2N4O2. The quantitative estimate of drug-likeness (QED) is 0.594. The summed E-state index contributed by atoms with van der Waals surface area (Å²) in [5, 5.41) is 0. The number of carbonyl (C=O) groups is 1. The molecule has 2 aliphatic heterocycles. The average Bonchev–Trinajstić information content (AvgIpc) is 2.90. The zero-order chi connectivity index (χ0) is 21.8. The molecular weight excluding hydrogens is 354 g/mol. The normalized spacial score (nSPS) is 25.4. The first-order valence-corrected chi connectivity index (χ1v) is 8.98. The fourth-order valence-electron chi connectivity index (χ4n) is 4.02. The van der Waals surface area contributed by atoms with Gasteiger partial charge in [0.15, 0.2) is 0 Å². The Morgan fingerprint density at radius 1 is 1.48 bits per heavy atom. The molecule has 1 aliphatic carbocycles. The van der Waals surface area contributed by atoms with Gasteiger partial charge < -0.3 is 14.5 Å². The first-order valence-electron chi connectivity index (χ1n) is 10.5. The smallest absolute Gasteiger partial charge is 0.305 e. The summed E-state index contributed by atoms with van der Waals surface area (Å²) in [4.78, 5) is 22.7. The maximum absolute atomic E-state index is 14.8. The Balaban J connectivity index is 1.73. The first-order chi connectivity index (χ1) is 14.1. The van der Waals surface area contributed by atoms with Gasteiger partial charge in [0.25, 0.3) is 5.92 Å². The molecule has 0 bridgehead atoms. The lowest BCUT2D eigenvalue weighted by molar-refractivity contribution is -0.141. The van der Waals surface area contributed by atoms with Crippen LogP contribution in [-0.2, 0) is 21.9 Å². The molecule has 0 saturated carbocycles. The van der Waals surface area contributed by atoms with E-state index in [0.717, 1.165) is 0 Å². The van der Waals surface area contributed by atoms with Crippen molar-refractivity contribution in [2.75, 3.05) is 36.5 Å². The second kappa shape index (κ2) is 6.32. The van der Waals surface area contributed by atoms with Crippen molar-refractivity contribution in [1.29, 1.82) is 0 Å². The summed E-state index contributed by atoms with van der Waals surface area (Å²) >= 11 is 0. The number of esters is 1. The van der Waals surface area contributed by atoms with E-state index in [1.807, 2.05) is 4.90 Å². The van der Waals surface area contributed by atoms with Crippen molar-refractivity contribution in [3.05, 3.63) is 22.5 Å². The number of hydrogen-bond donors (Lipinski definition) is 0. The minimum absolute atomic E-state index is 0.0316. The van der Waals surface area contributed by atoms with Gasteiger partial charge in [0.1, 0.15) is 11.6 Å². The van der Waals surface area contributed by atoms with Gasteiger partial charge >= 0.3 is 5.97 Å². The van der Waals surface area contributed by atoms with Crippen molar-refractivity contribution in [2.45, 2.75) is 44.5 Å². The molecule has 0 radical (unpaired) electrons. The van der Waals surface area contributed by atoms with Crippen LogP contribution in [0.25, 0.3) is 4.85 Å². The number of ether oxygens (including phenoxy) is 1. The van der Waals surface area contributed by atoms with E-state index >= 15 is 0 Å². The van der Waals surface area contributed by atoms with Gasteiger partial charge in [-0.05, 0) is 25.3 Å². The number of aromatic nitrogens is 1. The lowest BCUT2D eigenvalue weighted by Gasteiger charge is -2.44. The van der Waals surface area contributed by atoms with Crippen LogP contribution >= 0.6 is 0 Å². The molecule has 27 heavy (non-hydrogen) atoms. The molecule has 1 unspecified atom stereocenters. The van der Waals surface area contributed by atoms with E-state index in [2.05, 4.69) is 14.6 Å². The zero-order valence-electron chi connectivity index (χ0n) is 18.0. The largest absolute Gasteiger partial charge is 0.469 e. The van der Waals surface area contributed by atoms with Crippen LogP contribution in [0.4, 0.5) is 26.1 Å². The van der Waals surface area contributed by atoms with Gasteiger partial charge in [-0.25, -0.2) is 18.6 Å². The van der Waals surface area contributed by atoms with Crippen LogP contribution in [-0.4, -0.2) is 43.7 Å². The number of halogens is 2. The van der Waals surface area contributed by atoms with Crippen LogP contribution in [0.2, 0.25) is 0 Å². The molecule has 3 aliphatic rings. The highest BCUT2D eigenvalue weighted by molar-refractivity contribution is 5.80. The van der Waals surface area contributed by atoms with Gasteiger partial charge in [-0.3, -0.25) is 4.79 Å². The third-order valence-electron chi connectivity index (χ3n) is 5.63. The fraction of sp³-hybridized carbons (Fsp3) is 0.632. The van der Waals surface area contributed by atoms with Gasteiger partial charge in [0.2, 0.25) is 5.69 Å². The Kier molecular flexibility index (Phi) is 3.42. The summed E-state index contributed by atoms with van der Waals surface area (Å²) in [6.07, 6.45) is 0.342. The van der Waals surface area contributed by atoms with Crippen molar-refractivity contribution < 1.29 is 22.4 Å². The number of carbonyl (C=O) groups excluding carboxylic acids is 1. The predicted octanol–water partition coefficient (Wildman–Crippen LogP) is 3.27. The molecule has 0 amide bonds. The van der Waals surface area contributed by atoms with Crippen LogP contribution in [0.5, 0.6) is 0 Å². The number of anilines is 2. The average molecular weight is 379 g/mol. The first kappa shape index (κ1) is 14.6. The van der Waals surface area contributed by atoms with Crippen molar-refractivity contribution in [3.63, 3.8) is 0 Å². The SMILES string of the molecule is [2H]C([2H])([2H])C1CCN1c1nc(N2CC(CC(=O)OC)C2)c2c(c1[N+]#[C-])C(F)(F)CC2. The second-order valence-corrected chi connectivity index (χ2v) is 7.33. The van der Waals surface area contributed by atoms with E-state index in [1.165, 1.54) is 12.0 Å². The molecule has 1 aromatic rings. The highest BCUT2D eigenvalue weighted by Gasteiger charge is 2.47. The van der Waals surface area contributed by atoms with E-state index in [0.29, 0.717) is 37.4 Å². The molecule has 2 fully saturated rings. The van der Waals surface area contributed by atoms with Crippen LogP contribution in [0.3, 0.4) is 0 Å². The number of pyridine rings is 1. The monoisotopic (exact) mass is 379 g/mol. The topological polar surface area (TPSA) is 50.0 Å². The minimum Gasteiger partial charge on any atom is -0.469 e. The molecule has 2 saturated heterocycles. The Morgan fingerprint density at radius 2 is 2.26 bits per heavy atom. The molecule has 144 valence electrons. The van der Waals surface area contributed by atoms with Crippen LogP contribution in [0, 0.1) is 12.5 Å². The van der Waals surface area contributed by atoms with Crippen molar-refractivity contribution in [2.24, 2.45) is 5.92 Å². The number of fused-ring (bicyclic) bond motifs is 1. The predicted molar refractivity (Wildman–Crippen MR) is 96.5 cm³/mol. The van der Waals surface area contributed by atoms with Crippen LogP contribution < -0.4 is 9.80 Å². The number of rotatable bonds is 4. The highest BCUT2D eigenvalue weighted by atomic mass is 19.3. The number of hydrogen-bond acceptors (Lipinski definition) is 5. The van der Waals surface area contributed by atoms with Gasteiger partial charge in [-0.1, -0.05) is 0 Å². The van der Waals surface area contributed by atoms with E-state index in [1.54, 1.807) is 0 Å². The van der Waals surface area contributed by atoms with Gasteiger partial charge in [-0.15, -0.1) is 0 Å². The number of alkyl halides is 2. The maximum atomic E-state index is 14.8. The summed E-state index contributed by atoms with van der Waals surface area (Å²) in [5.74, 6) is -3.03. The Bertz CT molecular complexity index is 926.